The molecule has 3 rings (SSSR count). The average Bonchev–Trinajstić information content (AvgIpc) is 3.03. The van der Waals surface area contributed by atoms with Gasteiger partial charge in [-0.05, 0) is 31.5 Å². The van der Waals surface area contributed by atoms with Gasteiger partial charge in [0.25, 0.3) is 0 Å². The maximum Gasteiger partial charge on any atom is 0.342 e. The third kappa shape index (κ3) is 3.98. The van der Waals surface area contributed by atoms with Crippen molar-refractivity contribution in [1.29, 1.82) is 0 Å². The number of fused-ring (bicyclic) bond motifs is 1. The number of phenolic OH excluding ortho intramolecular Hbond substituents is 1. The van der Waals surface area contributed by atoms with Crippen LogP contribution in [-0.4, -0.2) is 23.1 Å². The summed E-state index contributed by atoms with van der Waals surface area (Å²) < 4.78 is 5.95. The van der Waals surface area contributed by atoms with Gasteiger partial charge in [0.05, 0.1) is 17.3 Å². The van der Waals surface area contributed by atoms with E-state index in [2.05, 4.69) is 0 Å². The van der Waals surface area contributed by atoms with Crippen LogP contribution in [0.3, 0.4) is 0 Å². The number of nitrogens with zero attached hydrogens (tertiary/aromatic N) is 1. The third-order valence-corrected chi connectivity index (χ3v) is 5.85. The zero-order valence-corrected chi connectivity index (χ0v) is 17.3. The van der Waals surface area contributed by atoms with Gasteiger partial charge in [0.2, 0.25) is 5.91 Å². The Kier molecular flexibility index (Phi) is 5.91. The minimum absolute atomic E-state index is 0.0804. The molecule has 0 saturated heterocycles. The summed E-state index contributed by atoms with van der Waals surface area (Å²) in [5, 5.41) is 11.1. The zero-order valence-electron chi connectivity index (χ0n) is 15.7. The molecule has 1 aromatic heterocycles. The summed E-state index contributed by atoms with van der Waals surface area (Å²) in [6.45, 7) is 5.27. The number of ether oxygens (including phenoxy) is 1. The van der Waals surface area contributed by atoms with Crippen molar-refractivity contribution in [1.82, 2.24) is 0 Å². The Balaban J connectivity index is 2.20. The molecule has 0 saturated carbocycles. The Hall–Kier alpha value is -2.57. The first-order valence-corrected chi connectivity index (χ1v) is 9.96. The lowest BCUT2D eigenvalue weighted by atomic mass is 10.1. The van der Waals surface area contributed by atoms with Gasteiger partial charge >= 0.3 is 5.97 Å². The molecule has 0 aliphatic heterocycles. The van der Waals surface area contributed by atoms with E-state index in [9.17, 15) is 14.7 Å². The molecule has 0 atom stereocenters. The van der Waals surface area contributed by atoms with E-state index in [4.69, 9.17) is 16.3 Å². The molecular formula is C21H20ClNO4S. The molecule has 5 nitrogen and oxygen atoms in total. The third-order valence-electron chi connectivity index (χ3n) is 4.11. The molecule has 1 N–H and O–H groups in total. The summed E-state index contributed by atoms with van der Waals surface area (Å²) in [5.41, 5.74) is 1.20. The minimum atomic E-state index is -0.530. The van der Waals surface area contributed by atoms with Crippen LogP contribution in [0, 0.1) is 0 Å². The molecule has 2 aromatic carbocycles. The second-order valence-corrected chi connectivity index (χ2v) is 7.98. The molecule has 0 aliphatic carbocycles. The summed E-state index contributed by atoms with van der Waals surface area (Å²) >= 11 is 7.46. The molecule has 146 valence electrons. The molecule has 7 heteroatoms. The number of esters is 1. The van der Waals surface area contributed by atoms with Gasteiger partial charge in [-0.1, -0.05) is 41.9 Å². The molecule has 0 aliphatic rings. The highest BCUT2D eigenvalue weighted by Crippen LogP contribution is 2.45. The first-order chi connectivity index (χ1) is 13.3. The molecule has 28 heavy (non-hydrogen) atoms. The largest absolute Gasteiger partial charge is 0.506 e. The van der Waals surface area contributed by atoms with E-state index in [1.54, 1.807) is 19.9 Å². The number of hydrogen-bond acceptors (Lipinski definition) is 5. The van der Waals surface area contributed by atoms with Gasteiger partial charge in [-0.25, -0.2) is 4.79 Å². The van der Waals surface area contributed by atoms with Crippen molar-refractivity contribution in [2.45, 2.75) is 33.4 Å². The van der Waals surface area contributed by atoms with Crippen LogP contribution >= 0.6 is 22.9 Å². The highest BCUT2D eigenvalue weighted by molar-refractivity contribution is 7.24. The van der Waals surface area contributed by atoms with E-state index in [1.807, 2.05) is 30.3 Å². The molecule has 0 radical (unpaired) electrons. The van der Waals surface area contributed by atoms with E-state index in [0.717, 1.165) is 5.56 Å². The number of anilines is 1. The van der Waals surface area contributed by atoms with Crippen molar-refractivity contribution in [3.05, 3.63) is 58.6 Å². The smallest absolute Gasteiger partial charge is 0.342 e. The predicted octanol–water partition coefficient (Wildman–Crippen LogP) is 5.38. The molecule has 3 aromatic rings. The highest BCUT2D eigenvalue weighted by Gasteiger charge is 2.28. The Bertz CT molecular complexity index is 1030. The van der Waals surface area contributed by atoms with Gasteiger partial charge < -0.3 is 9.84 Å². The number of rotatable bonds is 5. The monoisotopic (exact) mass is 417 g/mol. The van der Waals surface area contributed by atoms with Crippen molar-refractivity contribution in [3.8, 4) is 5.75 Å². The number of aromatic hydroxyl groups is 1. The summed E-state index contributed by atoms with van der Waals surface area (Å²) in [5.74, 6) is -0.824. The number of halogens is 1. The Morgan fingerprint density at radius 2 is 1.86 bits per heavy atom. The summed E-state index contributed by atoms with van der Waals surface area (Å²) in [4.78, 5) is 26.9. The van der Waals surface area contributed by atoms with E-state index >= 15 is 0 Å². The lowest BCUT2D eigenvalue weighted by Crippen LogP contribution is -2.28. The van der Waals surface area contributed by atoms with Gasteiger partial charge in [0, 0.05) is 12.3 Å². The topological polar surface area (TPSA) is 66.8 Å². The number of thiophene rings is 1. The van der Waals surface area contributed by atoms with Crippen LogP contribution in [0.25, 0.3) is 10.1 Å². The van der Waals surface area contributed by atoms with Crippen LogP contribution in [0.4, 0.5) is 5.00 Å². The fraction of sp³-hybridized carbons (Fsp3) is 0.238. The number of hydrogen-bond donors (Lipinski definition) is 1. The van der Waals surface area contributed by atoms with Crippen molar-refractivity contribution in [2.24, 2.45) is 0 Å². The fourth-order valence-corrected chi connectivity index (χ4v) is 4.40. The Morgan fingerprint density at radius 3 is 2.46 bits per heavy atom. The van der Waals surface area contributed by atoms with Crippen LogP contribution in [0.15, 0.2) is 42.5 Å². The number of carbonyl (C=O) groups is 2. The van der Waals surface area contributed by atoms with Crippen LogP contribution in [-0.2, 0) is 16.1 Å². The zero-order chi connectivity index (χ0) is 20.4. The second kappa shape index (κ2) is 8.20. The van der Waals surface area contributed by atoms with Crippen LogP contribution in [0.1, 0.15) is 36.7 Å². The van der Waals surface area contributed by atoms with Crippen LogP contribution in [0.5, 0.6) is 5.75 Å². The number of phenols is 1. The quantitative estimate of drug-likeness (QED) is 0.566. The van der Waals surface area contributed by atoms with Gasteiger partial charge in [0.15, 0.2) is 0 Å². The van der Waals surface area contributed by atoms with Gasteiger partial charge in [0.1, 0.15) is 21.3 Å². The van der Waals surface area contributed by atoms with Gasteiger partial charge in [-0.15, -0.1) is 11.3 Å². The summed E-state index contributed by atoms with van der Waals surface area (Å²) in [6.07, 6.45) is -0.317. The minimum Gasteiger partial charge on any atom is -0.506 e. The SMILES string of the molecule is CC(=O)N(Cc1ccccc1)c1sc2c(Cl)c(O)ccc2c1C(=O)OC(C)C. The fourth-order valence-electron chi connectivity index (χ4n) is 2.86. The Morgan fingerprint density at radius 1 is 1.18 bits per heavy atom. The molecule has 0 unspecified atom stereocenters. The lowest BCUT2D eigenvalue weighted by molar-refractivity contribution is -0.116. The second-order valence-electron chi connectivity index (χ2n) is 6.60. The summed E-state index contributed by atoms with van der Waals surface area (Å²) in [7, 11) is 0. The van der Waals surface area contributed by atoms with Crippen molar-refractivity contribution >= 4 is 49.9 Å². The normalized spacial score (nSPS) is 11.0. The molecule has 0 bridgehead atoms. The molecule has 0 spiro atoms. The molecule has 1 amide bonds. The van der Waals surface area contributed by atoms with Crippen molar-refractivity contribution in [3.63, 3.8) is 0 Å². The van der Waals surface area contributed by atoms with Crippen LogP contribution < -0.4 is 4.90 Å². The maximum atomic E-state index is 12.9. The number of amides is 1. The first kappa shape index (κ1) is 20.2. The number of carbonyl (C=O) groups excluding carboxylic acids is 2. The molecule has 1 heterocycles. The Labute approximate surface area is 172 Å². The molecular weight excluding hydrogens is 398 g/mol. The van der Waals surface area contributed by atoms with Crippen LogP contribution in [0.2, 0.25) is 5.02 Å². The standard InChI is InChI=1S/C21H20ClNO4S/c1-12(2)27-21(26)17-15-9-10-16(25)18(22)19(15)28-20(17)23(13(3)24)11-14-7-5-4-6-8-14/h4-10,12,25H,11H2,1-3H3. The van der Waals surface area contributed by atoms with Crippen molar-refractivity contribution < 1.29 is 19.4 Å². The maximum absolute atomic E-state index is 12.9. The molecule has 0 fully saturated rings. The van der Waals surface area contributed by atoms with Gasteiger partial charge in [-0.3, -0.25) is 9.69 Å². The van der Waals surface area contributed by atoms with E-state index in [-0.39, 0.29) is 28.3 Å². The average molecular weight is 418 g/mol. The van der Waals surface area contributed by atoms with E-state index in [1.165, 1.54) is 29.2 Å². The van der Waals surface area contributed by atoms with E-state index < -0.39 is 5.97 Å². The summed E-state index contributed by atoms with van der Waals surface area (Å²) in [6, 6.07) is 12.6. The number of benzene rings is 2. The van der Waals surface area contributed by atoms with Crippen molar-refractivity contribution in [2.75, 3.05) is 4.90 Å². The lowest BCUT2D eigenvalue weighted by Gasteiger charge is -2.21. The first-order valence-electron chi connectivity index (χ1n) is 8.76. The highest BCUT2D eigenvalue weighted by atomic mass is 35.5. The predicted molar refractivity (Wildman–Crippen MR) is 112 cm³/mol. The van der Waals surface area contributed by atoms with Gasteiger partial charge in [-0.2, -0.15) is 0 Å². The van der Waals surface area contributed by atoms with E-state index in [0.29, 0.717) is 21.6 Å².